The molecule has 0 aromatic heterocycles. The molecule has 1 aliphatic heterocycles. The van der Waals surface area contributed by atoms with Crippen LogP contribution in [0, 0.1) is 0 Å². The van der Waals surface area contributed by atoms with E-state index in [0.717, 1.165) is 25.4 Å². The topological polar surface area (TPSA) is 49.4 Å². The van der Waals surface area contributed by atoms with E-state index in [1.54, 1.807) is 11.8 Å². The van der Waals surface area contributed by atoms with Crippen LogP contribution in [-0.2, 0) is 9.84 Å². The van der Waals surface area contributed by atoms with Crippen LogP contribution in [0.4, 0.5) is 0 Å². The minimum atomic E-state index is -2.99. The second-order valence-corrected chi connectivity index (χ2v) is 8.60. The van der Waals surface area contributed by atoms with Gasteiger partial charge in [-0.25, -0.2) is 8.42 Å². The number of likely N-dealkylation sites (N-methyl/N-ethyl adjacent to an activating group) is 1. The molecule has 0 spiro atoms. The molecule has 0 aliphatic carbocycles. The number of rotatable bonds is 5. The zero-order valence-corrected chi connectivity index (χ0v) is 12.8. The van der Waals surface area contributed by atoms with Gasteiger partial charge in [-0.3, -0.25) is 4.90 Å². The summed E-state index contributed by atoms with van der Waals surface area (Å²) < 4.78 is 23.5. The number of nitrogens with one attached hydrogen (secondary N) is 1. The zero-order valence-electron chi connectivity index (χ0n) is 11.2. The molecule has 0 radical (unpaired) electrons. The maximum absolute atomic E-state index is 11.8. The number of hydrogen-bond donors (Lipinski definition) is 1. The van der Waals surface area contributed by atoms with Crippen LogP contribution in [0.25, 0.3) is 0 Å². The van der Waals surface area contributed by atoms with Crippen LogP contribution in [0.2, 0.25) is 0 Å². The van der Waals surface area contributed by atoms with Gasteiger partial charge >= 0.3 is 0 Å². The molecule has 0 amide bonds. The van der Waals surface area contributed by atoms with Gasteiger partial charge in [-0.05, 0) is 20.4 Å². The molecule has 1 aliphatic rings. The van der Waals surface area contributed by atoms with Crippen molar-refractivity contribution in [2.75, 3.05) is 37.4 Å². The van der Waals surface area contributed by atoms with Crippen LogP contribution in [-0.4, -0.2) is 61.6 Å². The SMILES string of the molecule is CCNC(C)(C)CN1CCSCC1S(C)(=O)=O. The highest BCUT2D eigenvalue weighted by molar-refractivity contribution is 8.00. The first-order valence-electron chi connectivity index (χ1n) is 6.02. The van der Waals surface area contributed by atoms with E-state index in [2.05, 4.69) is 31.0 Å². The van der Waals surface area contributed by atoms with Crippen molar-refractivity contribution in [2.24, 2.45) is 0 Å². The lowest BCUT2D eigenvalue weighted by molar-refractivity contribution is 0.199. The van der Waals surface area contributed by atoms with Gasteiger partial charge in [0.05, 0.1) is 0 Å². The Morgan fingerprint density at radius 3 is 2.65 bits per heavy atom. The summed E-state index contributed by atoms with van der Waals surface area (Å²) in [5.74, 6) is 1.72. The number of thioether (sulfide) groups is 1. The van der Waals surface area contributed by atoms with Crippen molar-refractivity contribution in [3.8, 4) is 0 Å². The second kappa shape index (κ2) is 5.91. The largest absolute Gasteiger partial charge is 0.311 e. The predicted octanol–water partition coefficient (Wildman–Crippen LogP) is 0.794. The quantitative estimate of drug-likeness (QED) is 0.807. The third kappa shape index (κ3) is 4.77. The molecule has 17 heavy (non-hydrogen) atoms. The highest BCUT2D eigenvalue weighted by Gasteiger charge is 2.33. The molecule has 4 nitrogen and oxygen atoms in total. The molecule has 0 aromatic carbocycles. The highest BCUT2D eigenvalue weighted by atomic mass is 32.2. The molecule has 6 heteroatoms. The molecule has 0 bridgehead atoms. The van der Waals surface area contributed by atoms with Gasteiger partial charge in [0, 0.05) is 36.4 Å². The third-order valence-corrected chi connectivity index (χ3v) is 5.63. The Bertz CT molecular complexity index is 341. The van der Waals surface area contributed by atoms with Crippen LogP contribution < -0.4 is 5.32 Å². The standard InChI is InChI=1S/C11H24N2O2S2/c1-5-12-11(2,3)9-13-6-7-16-8-10(13)17(4,14)15/h10,12H,5-9H2,1-4H3. The second-order valence-electron chi connectivity index (χ2n) is 5.24. The maximum Gasteiger partial charge on any atom is 0.164 e. The Kier molecular flexibility index (Phi) is 5.31. The summed E-state index contributed by atoms with van der Waals surface area (Å²) in [4.78, 5) is 2.11. The summed E-state index contributed by atoms with van der Waals surface area (Å²) in [6.45, 7) is 8.85. The molecule has 1 rings (SSSR count). The molecule has 1 heterocycles. The fraction of sp³-hybridized carbons (Fsp3) is 1.00. The van der Waals surface area contributed by atoms with Crippen LogP contribution in [0.15, 0.2) is 0 Å². The van der Waals surface area contributed by atoms with Gasteiger partial charge in [-0.1, -0.05) is 6.92 Å². The summed E-state index contributed by atoms with van der Waals surface area (Å²) in [6, 6.07) is 0. The van der Waals surface area contributed by atoms with E-state index >= 15 is 0 Å². The number of nitrogens with zero attached hydrogens (tertiary/aromatic N) is 1. The zero-order chi connectivity index (χ0) is 13.1. The fourth-order valence-electron chi connectivity index (χ4n) is 2.23. The van der Waals surface area contributed by atoms with Crippen LogP contribution in [0.5, 0.6) is 0 Å². The van der Waals surface area contributed by atoms with Crippen molar-refractivity contribution < 1.29 is 8.42 Å². The highest BCUT2D eigenvalue weighted by Crippen LogP contribution is 2.22. The fourth-order valence-corrected chi connectivity index (χ4v) is 5.17. The first-order chi connectivity index (χ1) is 7.76. The van der Waals surface area contributed by atoms with Gasteiger partial charge < -0.3 is 5.32 Å². The van der Waals surface area contributed by atoms with E-state index in [1.165, 1.54) is 6.26 Å². The van der Waals surface area contributed by atoms with Crippen molar-refractivity contribution in [1.82, 2.24) is 10.2 Å². The Hall–Kier alpha value is 0.220. The molecule has 0 aromatic rings. The lowest BCUT2D eigenvalue weighted by Gasteiger charge is -2.39. The summed E-state index contributed by atoms with van der Waals surface area (Å²) >= 11 is 1.73. The van der Waals surface area contributed by atoms with E-state index in [9.17, 15) is 8.42 Å². The van der Waals surface area contributed by atoms with Gasteiger partial charge in [-0.2, -0.15) is 11.8 Å². The van der Waals surface area contributed by atoms with Crippen molar-refractivity contribution in [3.63, 3.8) is 0 Å². The number of hydrogen-bond acceptors (Lipinski definition) is 5. The Balaban J connectivity index is 2.73. The smallest absolute Gasteiger partial charge is 0.164 e. The molecule has 0 saturated carbocycles. The van der Waals surface area contributed by atoms with Crippen molar-refractivity contribution in [1.29, 1.82) is 0 Å². The molecule has 1 fully saturated rings. The third-order valence-electron chi connectivity index (χ3n) is 2.94. The minimum absolute atomic E-state index is 0.0420. The Labute approximate surface area is 109 Å². The van der Waals surface area contributed by atoms with E-state index < -0.39 is 9.84 Å². The Morgan fingerprint density at radius 1 is 1.47 bits per heavy atom. The predicted molar refractivity (Wildman–Crippen MR) is 75.3 cm³/mol. The normalized spacial score (nSPS) is 23.9. The van der Waals surface area contributed by atoms with Gasteiger partial charge in [0.15, 0.2) is 9.84 Å². The van der Waals surface area contributed by atoms with Crippen molar-refractivity contribution in [2.45, 2.75) is 31.7 Å². The van der Waals surface area contributed by atoms with Gasteiger partial charge in [-0.15, -0.1) is 0 Å². The summed E-state index contributed by atoms with van der Waals surface area (Å²) in [7, 11) is -2.99. The van der Waals surface area contributed by atoms with E-state index in [4.69, 9.17) is 0 Å². The first kappa shape index (κ1) is 15.3. The molecule has 1 saturated heterocycles. The molecule has 1 N–H and O–H groups in total. The first-order valence-corrected chi connectivity index (χ1v) is 9.13. The molecule has 1 atom stereocenters. The summed E-state index contributed by atoms with van der Waals surface area (Å²) in [5, 5.41) is 3.08. The average Bonchev–Trinajstić information content (AvgIpc) is 2.15. The Morgan fingerprint density at radius 2 is 2.12 bits per heavy atom. The average molecular weight is 280 g/mol. The number of sulfone groups is 1. The van der Waals surface area contributed by atoms with Crippen LogP contribution in [0.1, 0.15) is 20.8 Å². The lowest BCUT2D eigenvalue weighted by Crippen LogP contribution is -2.56. The monoisotopic (exact) mass is 280 g/mol. The summed E-state index contributed by atoms with van der Waals surface area (Å²) in [5.41, 5.74) is -0.0420. The van der Waals surface area contributed by atoms with Gasteiger partial charge in [0.2, 0.25) is 0 Å². The molecule has 102 valence electrons. The lowest BCUT2D eigenvalue weighted by atomic mass is 10.0. The molecular formula is C11H24N2O2S2. The van der Waals surface area contributed by atoms with E-state index in [0.29, 0.717) is 5.75 Å². The minimum Gasteiger partial charge on any atom is -0.311 e. The molecular weight excluding hydrogens is 256 g/mol. The summed E-state index contributed by atoms with van der Waals surface area (Å²) in [6.07, 6.45) is 1.34. The van der Waals surface area contributed by atoms with Crippen LogP contribution in [0.3, 0.4) is 0 Å². The van der Waals surface area contributed by atoms with Gasteiger partial charge in [0.1, 0.15) is 5.37 Å². The van der Waals surface area contributed by atoms with Gasteiger partial charge in [0.25, 0.3) is 0 Å². The van der Waals surface area contributed by atoms with Crippen molar-refractivity contribution in [3.05, 3.63) is 0 Å². The van der Waals surface area contributed by atoms with Crippen molar-refractivity contribution >= 4 is 21.6 Å². The van der Waals surface area contributed by atoms with E-state index in [-0.39, 0.29) is 10.9 Å². The van der Waals surface area contributed by atoms with E-state index in [1.807, 2.05) is 0 Å². The maximum atomic E-state index is 11.8. The van der Waals surface area contributed by atoms with Crippen LogP contribution >= 0.6 is 11.8 Å². The molecule has 1 unspecified atom stereocenters.